The third-order valence-electron chi connectivity index (χ3n) is 2.57. The quantitative estimate of drug-likeness (QED) is 0.479. The van der Waals surface area contributed by atoms with Gasteiger partial charge in [0.15, 0.2) is 6.54 Å². The first kappa shape index (κ1) is 12.5. The minimum absolute atomic E-state index is 0.103. The van der Waals surface area contributed by atoms with Crippen molar-refractivity contribution in [2.75, 3.05) is 32.7 Å². The van der Waals surface area contributed by atoms with Crippen LogP contribution in [0.1, 0.15) is 27.2 Å². The standard InChI is InChI=1S/C11H23N3O/c1-11(2,3)13-10(15)9-14-7-4-5-12-6-8-14/h12H,4-9H2,1-3H3,(H,13,15)/p+2. The maximum Gasteiger partial charge on any atom is 0.275 e. The number of hydrogen-bond donors (Lipinski definition) is 3. The van der Waals surface area contributed by atoms with Crippen molar-refractivity contribution in [3.05, 3.63) is 0 Å². The average Bonchev–Trinajstić information content (AvgIpc) is 2.28. The number of nitrogens with one attached hydrogen (secondary N) is 2. The molecule has 1 saturated heterocycles. The molecule has 0 aromatic heterocycles. The van der Waals surface area contributed by atoms with E-state index in [0.717, 1.165) is 19.6 Å². The molecule has 4 heteroatoms. The van der Waals surface area contributed by atoms with Crippen LogP contribution < -0.4 is 15.5 Å². The topological polar surface area (TPSA) is 50.1 Å². The minimum Gasteiger partial charge on any atom is -0.347 e. The number of amides is 1. The molecule has 88 valence electrons. The van der Waals surface area contributed by atoms with Crippen LogP contribution in [0.4, 0.5) is 0 Å². The lowest BCUT2D eigenvalue weighted by Crippen LogP contribution is -3.14. The fourth-order valence-electron chi connectivity index (χ4n) is 1.94. The Bertz CT molecular complexity index is 202. The highest BCUT2D eigenvalue weighted by Gasteiger charge is 2.20. The Hall–Kier alpha value is -0.610. The molecule has 1 aliphatic heterocycles. The smallest absolute Gasteiger partial charge is 0.275 e. The number of carbonyl (C=O) groups is 1. The number of quaternary nitrogens is 2. The molecule has 1 fully saturated rings. The molecule has 15 heavy (non-hydrogen) atoms. The Morgan fingerprint density at radius 1 is 1.33 bits per heavy atom. The first-order valence-electron chi connectivity index (χ1n) is 5.93. The maximum absolute atomic E-state index is 11.7. The fourth-order valence-corrected chi connectivity index (χ4v) is 1.94. The van der Waals surface area contributed by atoms with Gasteiger partial charge in [0.2, 0.25) is 0 Å². The Morgan fingerprint density at radius 2 is 2.07 bits per heavy atom. The molecule has 1 unspecified atom stereocenters. The second-order valence-electron chi connectivity index (χ2n) is 5.44. The van der Waals surface area contributed by atoms with Crippen LogP contribution in [0.3, 0.4) is 0 Å². The molecule has 1 heterocycles. The van der Waals surface area contributed by atoms with Crippen molar-refractivity contribution in [1.82, 2.24) is 5.32 Å². The lowest BCUT2D eigenvalue weighted by atomic mass is 10.1. The van der Waals surface area contributed by atoms with Crippen LogP contribution in [-0.2, 0) is 4.79 Å². The predicted octanol–water partition coefficient (Wildman–Crippen LogP) is -2.25. The molecule has 4 N–H and O–H groups in total. The monoisotopic (exact) mass is 215 g/mol. The predicted molar refractivity (Wildman–Crippen MR) is 59.7 cm³/mol. The number of carbonyl (C=O) groups excluding carboxylic acids is 1. The summed E-state index contributed by atoms with van der Waals surface area (Å²) >= 11 is 0. The van der Waals surface area contributed by atoms with E-state index in [0.29, 0.717) is 6.54 Å². The highest BCUT2D eigenvalue weighted by Crippen LogP contribution is 1.96. The van der Waals surface area contributed by atoms with Crippen molar-refractivity contribution in [3.63, 3.8) is 0 Å². The zero-order chi connectivity index (χ0) is 11.3. The zero-order valence-electron chi connectivity index (χ0n) is 10.2. The van der Waals surface area contributed by atoms with Crippen LogP contribution in [0.25, 0.3) is 0 Å². The average molecular weight is 215 g/mol. The molecule has 0 spiro atoms. The Labute approximate surface area is 92.4 Å². The van der Waals surface area contributed by atoms with E-state index in [2.05, 4.69) is 10.6 Å². The van der Waals surface area contributed by atoms with E-state index in [9.17, 15) is 4.79 Å². The van der Waals surface area contributed by atoms with Gasteiger partial charge in [-0.15, -0.1) is 0 Å². The van der Waals surface area contributed by atoms with E-state index in [1.807, 2.05) is 20.8 Å². The summed E-state index contributed by atoms with van der Waals surface area (Å²) in [4.78, 5) is 13.1. The largest absolute Gasteiger partial charge is 0.347 e. The molecular formula is C11H25N3O+2. The van der Waals surface area contributed by atoms with E-state index >= 15 is 0 Å². The van der Waals surface area contributed by atoms with Crippen LogP contribution in [0.15, 0.2) is 0 Å². The SMILES string of the molecule is CC(C)(C)NC(=O)C[NH+]1CCC[NH2+]CC1. The summed E-state index contributed by atoms with van der Waals surface area (Å²) in [5, 5.41) is 5.36. The van der Waals surface area contributed by atoms with Crippen molar-refractivity contribution in [1.29, 1.82) is 0 Å². The fraction of sp³-hybridized carbons (Fsp3) is 0.909. The molecular weight excluding hydrogens is 190 g/mol. The van der Waals surface area contributed by atoms with Gasteiger partial charge in [-0.2, -0.15) is 0 Å². The van der Waals surface area contributed by atoms with Crippen molar-refractivity contribution < 1.29 is 15.0 Å². The minimum atomic E-state index is -0.103. The molecule has 0 aliphatic carbocycles. The molecule has 0 bridgehead atoms. The van der Waals surface area contributed by atoms with Gasteiger partial charge in [-0.3, -0.25) is 4.79 Å². The Balaban J connectivity index is 2.30. The van der Waals surface area contributed by atoms with Gasteiger partial charge in [0.05, 0.1) is 13.1 Å². The second kappa shape index (κ2) is 5.47. The van der Waals surface area contributed by atoms with Gasteiger partial charge in [-0.1, -0.05) is 0 Å². The van der Waals surface area contributed by atoms with Crippen LogP contribution in [0.2, 0.25) is 0 Å². The zero-order valence-corrected chi connectivity index (χ0v) is 10.2. The summed E-state index contributed by atoms with van der Waals surface area (Å²) in [7, 11) is 0. The van der Waals surface area contributed by atoms with Gasteiger partial charge in [0.1, 0.15) is 13.1 Å². The van der Waals surface area contributed by atoms with Crippen LogP contribution in [0, 0.1) is 0 Å². The molecule has 4 nitrogen and oxygen atoms in total. The maximum atomic E-state index is 11.7. The van der Waals surface area contributed by atoms with Gasteiger partial charge in [0.25, 0.3) is 5.91 Å². The third-order valence-corrected chi connectivity index (χ3v) is 2.57. The van der Waals surface area contributed by atoms with Crippen LogP contribution in [0.5, 0.6) is 0 Å². The van der Waals surface area contributed by atoms with E-state index < -0.39 is 0 Å². The Morgan fingerprint density at radius 3 is 2.73 bits per heavy atom. The molecule has 0 aromatic carbocycles. The van der Waals surface area contributed by atoms with Gasteiger partial charge in [-0.05, 0) is 20.8 Å². The highest BCUT2D eigenvalue weighted by atomic mass is 16.2. The second-order valence-corrected chi connectivity index (χ2v) is 5.44. The lowest BCUT2D eigenvalue weighted by Gasteiger charge is -2.22. The van der Waals surface area contributed by atoms with Gasteiger partial charge < -0.3 is 15.5 Å². The van der Waals surface area contributed by atoms with Crippen LogP contribution in [-0.4, -0.2) is 44.2 Å². The molecule has 0 saturated carbocycles. The van der Waals surface area contributed by atoms with Gasteiger partial charge in [-0.25, -0.2) is 0 Å². The van der Waals surface area contributed by atoms with Crippen molar-refractivity contribution >= 4 is 5.91 Å². The molecule has 1 amide bonds. The highest BCUT2D eigenvalue weighted by molar-refractivity contribution is 5.77. The number of hydrogen-bond acceptors (Lipinski definition) is 1. The molecule has 0 radical (unpaired) electrons. The molecule has 1 aliphatic rings. The summed E-state index contributed by atoms with van der Waals surface area (Å²) < 4.78 is 0. The number of nitrogens with two attached hydrogens (primary N) is 1. The lowest BCUT2D eigenvalue weighted by molar-refractivity contribution is -0.896. The van der Waals surface area contributed by atoms with E-state index in [-0.39, 0.29) is 11.4 Å². The van der Waals surface area contributed by atoms with E-state index in [4.69, 9.17) is 0 Å². The van der Waals surface area contributed by atoms with E-state index in [1.54, 1.807) is 0 Å². The normalized spacial score (nSPS) is 23.3. The van der Waals surface area contributed by atoms with Crippen LogP contribution >= 0.6 is 0 Å². The van der Waals surface area contributed by atoms with Crippen molar-refractivity contribution in [2.45, 2.75) is 32.7 Å². The first-order chi connectivity index (χ1) is 6.97. The van der Waals surface area contributed by atoms with Gasteiger partial charge >= 0.3 is 0 Å². The molecule has 1 atom stereocenters. The first-order valence-corrected chi connectivity index (χ1v) is 5.93. The summed E-state index contributed by atoms with van der Waals surface area (Å²) in [6, 6.07) is 0. The van der Waals surface area contributed by atoms with E-state index in [1.165, 1.54) is 17.9 Å². The van der Waals surface area contributed by atoms with Gasteiger partial charge in [0, 0.05) is 12.0 Å². The summed E-state index contributed by atoms with van der Waals surface area (Å²) in [6.07, 6.45) is 1.22. The summed E-state index contributed by atoms with van der Waals surface area (Å²) in [5.41, 5.74) is -0.103. The molecule has 0 aromatic rings. The van der Waals surface area contributed by atoms with Crippen molar-refractivity contribution in [3.8, 4) is 0 Å². The third kappa shape index (κ3) is 5.74. The van der Waals surface area contributed by atoms with Crippen molar-refractivity contribution in [2.24, 2.45) is 0 Å². The summed E-state index contributed by atoms with van der Waals surface area (Å²) in [5.74, 6) is 0.180. The number of rotatable bonds is 2. The molecule has 1 rings (SSSR count). The summed E-state index contributed by atoms with van der Waals surface area (Å²) in [6.45, 7) is 11.3. The Kier molecular flexibility index (Phi) is 4.54.